The lowest BCUT2D eigenvalue weighted by Crippen LogP contribution is -2.41. The van der Waals surface area contributed by atoms with Crippen LogP contribution in [0, 0.1) is 5.82 Å². The maximum absolute atomic E-state index is 12.8. The van der Waals surface area contributed by atoms with Crippen LogP contribution in [-0.2, 0) is 0 Å². The molecule has 0 aromatic heterocycles. The van der Waals surface area contributed by atoms with Crippen LogP contribution in [0.4, 0.5) is 4.39 Å². The van der Waals surface area contributed by atoms with Crippen LogP contribution >= 0.6 is 0 Å². The Balaban J connectivity index is 1.53. The van der Waals surface area contributed by atoms with Crippen molar-refractivity contribution in [3.63, 3.8) is 0 Å². The number of nitrogens with zero attached hydrogens (tertiary/aromatic N) is 1. The average molecular weight is 279 g/mol. The van der Waals surface area contributed by atoms with E-state index in [9.17, 15) is 9.50 Å². The summed E-state index contributed by atoms with van der Waals surface area (Å²) in [4.78, 5) is 2.40. The van der Waals surface area contributed by atoms with Gasteiger partial charge in [0.1, 0.15) is 23.8 Å². The van der Waals surface area contributed by atoms with Crippen LogP contribution in [0.3, 0.4) is 0 Å². The number of halogens is 1. The number of likely N-dealkylation sites (tertiary alicyclic amines) is 1. The molecule has 4 heteroatoms. The zero-order valence-corrected chi connectivity index (χ0v) is 11.7. The predicted molar refractivity (Wildman–Crippen MR) is 75.3 cm³/mol. The lowest BCUT2D eigenvalue weighted by atomic mass is 10.1. The molecular weight excluding hydrogens is 257 g/mol. The van der Waals surface area contributed by atoms with Gasteiger partial charge in [-0.2, -0.15) is 0 Å². The molecule has 110 valence electrons. The van der Waals surface area contributed by atoms with E-state index in [4.69, 9.17) is 4.74 Å². The molecule has 2 fully saturated rings. The van der Waals surface area contributed by atoms with Crippen LogP contribution in [0.2, 0.25) is 0 Å². The van der Waals surface area contributed by atoms with Gasteiger partial charge in [-0.3, -0.25) is 4.90 Å². The summed E-state index contributed by atoms with van der Waals surface area (Å²) in [7, 11) is 0. The second kappa shape index (κ2) is 5.70. The molecule has 1 unspecified atom stereocenters. The fourth-order valence-electron chi connectivity index (χ4n) is 3.34. The van der Waals surface area contributed by atoms with Crippen molar-refractivity contribution in [1.29, 1.82) is 0 Å². The Hall–Kier alpha value is -1.13. The third-order valence-electron chi connectivity index (χ3n) is 4.52. The number of benzene rings is 1. The Morgan fingerprint density at radius 2 is 1.95 bits per heavy atom. The maximum Gasteiger partial charge on any atom is 0.123 e. The number of hydrogen-bond donors (Lipinski definition) is 1. The van der Waals surface area contributed by atoms with E-state index in [0.29, 0.717) is 18.3 Å². The zero-order chi connectivity index (χ0) is 14.0. The summed E-state index contributed by atoms with van der Waals surface area (Å²) in [5.74, 6) is 0.337. The van der Waals surface area contributed by atoms with Crippen molar-refractivity contribution in [2.75, 3.05) is 19.7 Å². The van der Waals surface area contributed by atoms with Gasteiger partial charge in [0.2, 0.25) is 0 Å². The quantitative estimate of drug-likeness (QED) is 0.919. The molecule has 2 aliphatic rings. The number of ether oxygens (including phenoxy) is 1. The number of β-amino-alcohol motifs (C(OH)–C–C–N with tert-alkyl or cyclic N) is 1. The Bertz CT molecular complexity index is 444. The maximum atomic E-state index is 12.8. The van der Waals surface area contributed by atoms with E-state index in [2.05, 4.69) is 4.90 Å². The van der Waals surface area contributed by atoms with E-state index in [1.807, 2.05) is 0 Å². The highest BCUT2D eigenvalue weighted by atomic mass is 19.1. The van der Waals surface area contributed by atoms with E-state index in [1.165, 1.54) is 37.8 Å². The van der Waals surface area contributed by atoms with E-state index in [1.54, 1.807) is 12.1 Å². The molecule has 1 atom stereocenters. The first-order chi connectivity index (χ1) is 9.65. The minimum atomic E-state index is -0.767. The van der Waals surface area contributed by atoms with Gasteiger partial charge in [-0.15, -0.1) is 0 Å². The van der Waals surface area contributed by atoms with Crippen molar-refractivity contribution in [3.8, 4) is 5.75 Å². The first-order valence-corrected chi connectivity index (χ1v) is 7.49. The third-order valence-corrected chi connectivity index (χ3v) is 4.52. The highest BCUT2D eigenvalue weighted by molar-refractivity contribution is 5.22. The van der Waals surface area contributed by atoms with E-state index >= 15 is 0 Å². The van der Waals surface area contributed by atoms with Crippen LogP contribution in [0.5, 0.6) is 5.75 Å². The standard InChI is InChI=1S/C16H22FNO2/c17-13-5-7-15(8-6-13)20-12-16(19)9-10-18(11-16)14-3-1-2-4-14/h5-8,14,19H,1-4,9-12H2. The summed E-state index contributed by atoms with van der Waals surface area (Å²) in [5, 5.41) is 10.6. The molecule has 3 nitrogen and oxygen atoms in total. The van der Waals surface area contributed by atoms with Gasteiger partial charge in [0, 0.05) is 19.1 Å². The number of hydrogen-bond acceptors (Lipinski definition) is 3. The molecule has 1 aliphatic carbocycles. The van der Waals surface area contributed by atoms with E-state index in [0.717, 1.165) is 13.0 Å². The monoisotopic (exact) mass is 279 g/mol. The summed E-state index contributed by atoms with van der Waals surface area (Å²) < 4.78 is 18.4. The molecule has 20 heavy (non-hydrogen) atoms. The van der Waals surface area contributed by atoms with Gasteiger partial charge >= 0.3 is 0 Å². The minimum Gasteiger partial charge on any atom is -0.491 e. The molecule has 1 aromatic carbocycles. The smallest absolute Gasteiger partial charge is 0.123 e. The molecule has 0 radical (unpaired) electrons. The molecule has 1 aromatic rings. The summed E-state index contributed by atoms with van der Waals surface area (Å²) >= 11 is 0. The lowest BCUT2D eigenvalue weighted by molar-refractivity contribution is 0.000634. The predicted octanol–water partition coefficient (Wildman–Crippen LogP) is 2.58. The van der Waals surface area contributed by atoms with Crippen LogP contribution < -0.4 is 4.74 Å². The van der Waals surface area contributed by atoms with Crippen LogP contribution in [0.1, 0.15) is 32.1 Å². The summed E-state index contributed by atoms with van der Waals surface area (Å²) in [6, 6.07) is 6.59. The van der Waals surface area contributed by atoms with E-state index < -0.39 is 5.60 Å². The molecule has 3 rings (SSSR count). The molecule has 0 spiro atoms. The van der Waals surface area contributed by atoms with Gasteiger partial charge in [-0.1, -0.05) is 12.8 Å². The second-order valence-corrected chi connectivity index (χ2v) is 6.13. The second-order valence-electron chi connectivity index (χ2n) is 6.13. The van der Waals surface area contributed by atoms with E-state index in [-0.39, 0.29) is 12.4 Å². The van der Waals surface area contributed by atoms with Crippen LogP contribution in [0.15, 0.2) is 24.3 Å². The lowest BCUT2D eigenvalue weighted by Gasteiger charge is -2.27. The van der Waals surface area contributed by atoms with Crippen molar-refractivity contribution in [2.45, 2.75) is 43.7 Å². The Morgan fingerprint density at radius 3 is 2.65 bits per heavy atom. The fraction of sp³-hybridized carbons (Fsp3) is 0.625. The molecule has 0 amide bonds. The average Bonchev–Trinajstić information content (AvgIpc) is 3.08. The molecular formula is C16H22FNO2. The fourth-order valence-corrected chi connectivity index (χ4v) is 3.34. The topological polar surface area (TPSA) is 32.7 Å². The van der Waals surface area contributed by atoms with Crippen molar-refractivity contribution in [2.24, 2.45) is 0 Å². The Kier molecular flexibility index (Phi) is 3.94. The normalized spacial score (nSPS) is 28.1. The number of rotatable bonds is 4. The molecule has 1 heterocycles. The zero-order valence-electron chi connectivity index (χ0n) is 11.7. The summed E-state index contributed by atoms with van der Waals surface area (Å²) in [6.07, 6.45) is 5.89. The molecule has 0 bridgehead atoms. The van der Waals surface area contributed by atoms with Gasteiger partial charge in [-0.05, 0) is 43.5 Å². The number of aliphatic hydroxyl groups is 1. The van der Waals surface area contributed by atoms with Crippen molar-refractivity contribution < 1.29 is 14.2 Å². The first-order valence-electron chi connectivity index (χ1n) is 7.49. The summed E-state index contributed by atoms with van der Waals surface area (Å²) in [5.41, 5.74) is -0.767. The van der Waals surface area contributed by atoms with Crippen LogP contribution in [-0.4, -0.2) is 41.3 Å². The largest absolute Gasteiger partial charge is 0.491 e. The SMILES string of the molecule is OC1(COc2ccc(F)cc2)CCN(C2CCCC2)C1. The Labute approximate surface area is 119 Å². The molecule has 1 saturated carbocycles. The van der Waals surface area contributed by atoms with Crippen molar-refractivity contribution in [3.05, 3.63) is 30.1 Å². The molecule has 1 N–H and O–H groups in total. The minimum absolute atomic E-state index is 0.274. The van der Waals surface area contributed by atoms with Gasteiger partial charge < -0.3 is 9.84 Å². The van der Waals surface area contributed by atoms with Gasteiger partial charge in [0.15, 0.2) is 0 Å². The highest BCUT2D eigenvalue weighted by Gasteiger charge is 2.40. The van der Waals surface area contributed by atoms with Gasteiger partial charge in [0.05, 0.1) is 0 Å². The molecule has 1 aliphatic heterocycles. The molecule has 1 saturated heterocycles. The Morgan fingerprint density at radius 1 is 1.25 bits per heavy atom. The van der Waals surface area contributed by atoms with Crippen molar-refractivity contribution >= 4 is 0 Å². The third kappa shape index (κ3) is 3.13. The van der Waals surface area contributed by atoms with Crippen molar-refractivity contribution in [1.82, 2.24) is 4.90 Å². The highest BCUT2D eigenvalue weighted by Crippen LogP contribution is 2.30. The summed E-state index contributed by atoms with van der Waals surface area (Å²) in [6.45, 7) is 1.93. The van der Waals surface area contributed by atoms with Gasteiger partial charge in [-0.25, -0.2) is 4.39 Å². The first kappa shape index (κ1) is 13.8. The van der Waals surface area contributed by atoms with Crippen LogP contribution in [0.25, 0.3) is 0 Å². The van der Waals surface area contributed by atoms with Gasteiger partial charge in [0.25, 0.3) is 0 Å².